The molecule has 1 atom stereocenters. The van der Waals surface area contributed by atoms with E-state index in [2.05, 4.69) is 9.97 Å². The van der Waals surface area contributed by atoms with Gasteiger partial charge in [0.15, 0.2) is 0 Å². The van der Waals surface area contributed by atoms with Crippen LogP contribution in [-0.2, 0) is 13.0 Å². The fourth-order valence-corrected chi connectivity index (χ4v) is 3.91. The van der Waals surface area contributed by atoms with Crippen molar-refractivity contribution in [3.05, 3.63) is 58.8 Å². The van der Waals surface area contributed by atoms with Crippen molar-refractivity contribution in [3.63, 3.8) is 0 Å². The van der Waals surface area contributed by atoms with Gasteiger partial charge in [-0.05, 0) is 49.4 Å². The lowest BCUT2D eigenvalue weighted by Crippen LogP contribution is -2.42. The van der Waals surface area contributed by atoms with Gasteiger partial charge in [0.1, 0.15) is 11.5 Å². The third kappa shape index (κ3) is 2.37. The summed E-state index contributed by atoms with van der Waals surface area (Å²) in [7, 11) is 0. The largest absolute Gasteiger partial charge is 0.293 e. The molecule has 2 aromatic heterocycles. The van der Waals surface area contributed by atoms with Gasteiger partial charge in [-0.3, -0.25) is 14.3 Å². The molecule has 0 unspecified atom stereocenters. The summed E-state index contributed by atoms with van der Waals surface area (Å²) in [6.45, 7) is 0.150. The quantitative estimate of drug-likeness (QED) is 0.720. The molecule has 0 N–H and O–H groups in total. The van der Waals surface area contributed by atoms with Gasteiger partial charge in [0, 0.05) is 18.2 Å². The summed E-state index contributed by atoms with van der Waals surface area (Å²) in [4.78, 5) is 21.9. The second kappa shape index (κ2) is 5.22. The number of nitrogens with zero attached hydrogens (tertiary/aromatic N) is 3. The zero-order valence-corrected chi connectivity index (χ0v) is 13.8. The average molecular weight is 335 g/mol. The molecule has 1 aliphatic heterocycles. The van der Waals surface area contributed by atoms with Crippen LogP contribution in [0.1, 0.15) is 25.1 Å². The first-order valence-corrected chi connectivity index (χ1v) is 8.78. The van der Waals surface area contributed by atoms with Gasteiger partial charge in [-0.25, -0.2) is 9.37 Å². The molecule has 0 amide bonds. The van der Waals surface area contributed by atoms with Crippen LogP contribution in [0.15, 0.2) is 47.4 Å². The molecule has 0 radical (unpaired) electrons. The molecule has 3 aromatic rings. The van der Waals surface area contributed by atoms with E-state index in [0.29, 0.717) is 29.6 Å². The third-order valence-electron chi connectivity index (χ3n) is 5.49. The predicted molar refractivity (Wildman–Crippen MR) is 94.1 cm³/mol. The molecule has 0 spiro atoms. The van der Waals surface area contributed by atoms with Crippen LogP contribution in [0, 0.1) is 5.92 Å². The van der Waals surface area contributed by atoms with E-state index in [4.69, 9.17) is 0 Å². The fraction of sp³-hybridized carbons (Fsp3) is 0.350. The number of alkyl halides is 1. The molecule has 0 saturated heterocycles. The van der Waals surface area contributed by atoms with Gasteiger partial charge in [-0.15, -0.1) is 0 Å². The van der Waals surface area contributed by atoms with Gasteiger partial charge >= 0.3 is 0 Å². The molecule has 126 valence electrons. The molecule has 0 bridgehead atoms. The second-order valence-electron chi connectivity index (χ2n) is 7.18. The number of fused-ring (bicyclic) bond motifs is 2. The Kier molecular flexibility index (Phi) is 3.08. The lowest BCUT2D eigenvalue weighted by molar-refractivity contribution is 0.0784. The van der Waals surface area contributed by atoms with Crippen LogP contribution in [0.4, 0.5) is 4.39 Å². The molecular weight excluding hydrogens is 317 g/mol. The Morgan fingerprint density at radius 1 is 1.20 bits per heavy atom. The normalized spacial score (nSPS) is 22.8. The Morgan fingerprint density at radius 3 is 2.84 bits per heavy atom. The van der Waals surface area contributed by atoms with Crippen molar-refractivity contribution in [2.24, 2.45) is 5.92 Å². The van der Waals surface area contributed by atoms with Gasteiger partial charge < -0.3 is 0 Å². The highest BCUT2D eigenvalue weighted by Crippen LogP contribution is 2.47. The highest BCUT2D eigenvalue weighted by atomic mass is 19.1. The van der Waals surface area contributed by atoms with E-state index in [1.54, 1.807) is 16.8 Å². The first-order chi connectivity index (χ1) is 12.1. The van der Waals surface area contributed by atoms with Gasteiger partial charge in [-0.1, -0.05) is 12.1 Å². The zero-order chi connectivity index (χ0) is 17.0. The molecule has 1 fully saturated rings. The van der Waals surface area contributed by atoms with E-state index in [1.807, 2.05) is 30.3 Å². The van der Waals surface area contributed by atoms with E-state index in [0.717, 1.165) is 24.1 Å². The van der Waals surface area contributed by atoms with Crippen molar-refractivity contribution in [2.75, 3.05) is 0 Å². The molecule has 5 rings (SSSR count). The van der Waals surface area contributed by atoms with Crippen LogP contribution in [0.2, 0.25) is 0 Å². The van der Waals surface area contributed by atoms with E-state index in [-0.39, 0.29) is 18.0 Å². The van der Waals surface area contributed by atoms with Crippen molar-refractivity contribution < 1.29 is 4.39 Å². The summed E-state index contributed by atoms with van der Waals surface area (Å²) >= 11 is 0. The number of halogens is 1. The van der Waals surface area contributed by atoms with Crippen LogP contribution in [0.25, 0.3) is 22.2 Å². The van der Waals surface area contributed by atoms with Crippen LogP contribution in [0.5, 0.6) is 0 Å². The predicted octanol–water partition coefficient (Wildman–Crippen LogP) is 3.52. The molecule has 1 aliphatic carbocycles. The summed E-state index contributed by atoms with van der Waals surface area (Å²) in [5, 5.41) is 0.545. The molecular formula is C20H18FN3O. The van der Waals surface area contributed by atoms with Gasteiger partial charge in [0.25, 0.3) is 5.56 Å². The van der Waals surface area contributed by atoms with Crippen molar-refractivity contribution in [1.82, 2.24) is 14.5 Å². The Morgan fingerprint density at radius 2 is 2.08 bits per heavy atom. The van der Waals surface area contributed by atoms with Crippen molar-refractivity contribution >= 4 is 10.9 Å². The first kappa shape index (κ1) is 14.8. The van der Waals surface area contributed by atoms with Gasteiger partial charge in [0.2, 0.25) is 0 Å². The van der Waals surface area contributed by atoms with Crippen molar-refractivity contribution in [1.29, 1.82) is 0 Å². The molecule has 1 aromatic carbocycles. The lowest BCUT2D eigenvalue weighted by atomic mass is 9.90. The number of rotatable bonds is 2. The topological polar surface area (TPSA) is 47.8 Å². The maximum Gasteiger partial charge on any atom is 0.261 e. The maximum absolute atomic E-state index is 15.1. The summed E-state index contributed by atoms with van der Waals surface area (Å²) in [5.74, 6) is 0.819. The maximum atomic E-state index is 15.1. The van der Waals surface area contributed by atoms with E-state index in [1.165, 1.54) is 0 Å². The monoisotopic (exact) mass is 335 g/mol. The Bertz CT molecular complexity index is 1030. The molecule has 1 saturated carbocycles. The molecule has 2 aliphatic rings. The molecule has 3 heterocycles. The number of benzene rings is 1. The van der Waals surface area contributed by atoms with E-state index in [9.17, 15) is 4.79 Å². The average Bonchev–Trinajstić information content (AvgIpc) is 3.49. The summed E-state index contributed by atoms with van der Waals surface area (Å²) in [6, 6.07) is 11.3. The Balaban J connectivity index is 1.63. The third-order valence-corrected chi connectivity index (χ3v) is 5.49. The van der Waals surface area contributed by atoms with E-state index >= 15 is 4.39 Å². The number of pyridine rings is 1. The first-order valence-electron chi connectivity index (χ1n) is 8.78. The minimum atomic E-state index is -1.24. The minimum absolute atomic E-state index is 0.120. The van der Waals surface area contributed by atoms with Gasteiger partial charge in [-0.2, -0.15) is 0 Å². The standard InChI is InChI=1S/C20H18FN3O/c21-20(14-5-6-14)9-8-18-23-17-11-13(16-3-1-2-10-22-16)4-7-15(17)19(25)24(18)12-20/h1-4,7,10-11,14H,5-6,8-9,12H2/t20-/m1/s1. The second-order valence-corrected chi connectivity index (χ2v) is 7.18. The molecule has 5 heteroatoms. The SMILES string of the molecule is O=c1c2ccc(-c3ccccn3)cc2nc2n1C[C@@](F)(C1CC1)CC2. The Labute approximate surface area is 144 Å². The van der Waals surface area contributed by atoms with E-state index < -0.39 is 5.67 Å². The van der Waals surface area contributed by atoms with Crippen molar-refractivity contribution in [3.8, 4) is 11.3 Å². The number of hydrogen-bond donors (Lipinski definition) is 0. The summed E-state index contributed by atoms with van der Waals surface area (Å²) < 4.78 is 16.7. The number of aromatic nitrogens is 3. The van der Waals surface area contributed by atoms with Crippen LogP contribution in [-0.4, -0.2) is 20.2 Å². The summed E-state index contributed by atoms with van der Waals surface area (Å²) in [5.41, 5.74) is 1.08. The zero-order valence-electron chi connectivity index (χ0n) is 13.8. The Hall–Kier alpha value is -2.56. The minimum Gasteiger partial charge on any atom is -0.293 e. The number of aryl methyl sites for hydroxylation is 1. The highest BCUT2D eigenvalue weighted by molar-refractivity contribution is 5.83. The van der Waals surface area contributed by atoms with Gasteiger partial charge in [0.05, 0.1) is 23.1 Å². The van der Waals surface area contributed by atoms with Crippen LogP contribution >= 0.6 is 0 Å². The lowest BCUT2D eigenvalue weighted by Gasteiger charge is -2.32. The number of hydrogen-bond acceptors (Lipinski definition) is 3. The van der Waals surface area contributed by atoms with Crippen molar-refractivity contribution in [2.45, 2.75) is 37.9 Å². The highest BCUT2D eigenvalue weighted by Gasteiger charge is 2.48. The molecule has 4 nitrogen and oxygen atoms in total. The smallest absolute Gasteiger partial charge is 0.261 e. The fourth-order valence-electron chi connectivity index (χ4n) is 3.91. The van der Waals surface area contributed by atoms with Crippen LogP contribution in [0.3, 0.4) is 0 Å². The van der Waals surface area contributed by atoms with Crippen LogP contribution < -0.4 is 5.56 Å². The summed E-state index contributed by atoms with van der Waals surface area (Å²) in [6.07, 6.45) is 4.61. The molecule has 25 heavy (non-hydrogen) atoms.